The van der Waals surface area contributed by atoms with E-state index in [2.05, 4.69) is 54.4 Å². The van der Waals surface area contributed by atoms with Gasteiger partial charge in [0.2, 0.25) is 0 Å². The van der Waals surface area contributed by atoms with Crippen molar-refractivity contribution in [3.05, 3.63) is 64.7 Å². The zero-order valence-corrected chi connectivity index (χ0v) is 16.8. The Morgan fingerprint density at radius 3 is 2.04 bits per heavy atom. The molecule has 0 unspecified atom stereocenters. The monoisotopic (exact) mass is 364 g/mol. The Hall–Kier alpha value is -2.13. The van der Waals surface area contributed by atoms with Crippen LogP contribution in [0.3, 0.4) is 0 Å². The summed E-state index contributed by atoms with van der Waals surface area (Å²) >= 11 is 0. The molecule has 27 heavy (non-hydrogen) atoms. The summed E-state index contributed by atoms with van der Waals surface area (Å²) in [4.78, 5) is 15.3. The van der Waals surface area contributed by atoms with Gasteiger partial charge < -0.3 is 5.32 Å². The lowest BCUT2D eigenvalue weighted by molar-refractivity contribution is 0.102. The normalized spacial score (nSPS) is 15.3. The smallest absolute Gasteiger partial charge is 0.255 e. The molecule has 2 aromatic carbocycles. The van der Waals surface area contributed by atoms with Crippen molar-refractivity contribution in [1.82, 2.24) is 4.90 Å². The molecule has 0 atom stereocenters. The molecule has 1 aliphatic rings. The average molecular weight is 365 g/mol. The number of para-hydroxylation sites is 1. The zero-order valence-electron chi connectivity index (χ0n) is 16.8. The van der Waals surface area contributed by atoms with Gasteiger partial charge in [0.15, 0.2) is 0 Å². The molecule has 2 aromatic rings. The predicted molar refractivity (Wildman–Crippen MR) is 113 cm³/mol. The summed E-state index contributed by atoms with van der Waals surface area (Å²) in [5, 5.41) is 3.16. The van der Waals surface area contributed by atoms with E-state index >= 15 is 0 Å². The van der Waals surface area contributed by atoms with Crippen LogP contribution in [0.1, 0.15) is 66.6 Å². The summed E-state index contributed by atoms with van der Waals surface area (Å²) in [6.45, 7) is 7.62. The number of rotatable bonds is 6. The first-order valence-electron chi connectivity index (χ1n) is 10.4. The van der Waals surface area contributed by atoms with Crippen molar-refractivity contribution in [3.63, 3.8) is 0 Å². The molecule has 1 fully saturated rings. The minimum atomic E-state index is -0.0214. The van der Waals surface area contributed by atoms with Gasteiger partial charge in [-0.05, 0) is 67.6 Å². The van der Waals surface area contributed by atoms with Gasteiger partial charge in [-0.1, -0.05) is 57.0 Å². The first-order valence-corrected chi connectivity index (χ1v) is 10.4. The molecular weight excluding hydrogens is 332 g/mol. The van der Waals surface area contributed by atoms with E-state index in [0.29, 0.717) is 0 Å². The highest BCUT2D eigenvalue weighted by molar-refractivity contribution is 6.05. The molecule has 144 valence electrons. The van der Waals surface area contributed by atoms with Gasteiger partial charge in [0, 0.05) is 17.8 Å². The standard InChI is InChI=1S/C24H32N2O/c1-3-20-10-9-11-21(4-2)23(20)25-24(27)22-14-12-19(13-15-22)18-26-16-7-5-6-8-17-26/h9-15H,3-8,16-18H2,1-2H3,(H,25,27). The topological polar surface area (TPSA) is 32.3 Å². The molecule has 0 aliphatic carbocycles. The third-order valence-electron chi connectivity index (χ3n) is 5.56. The Morgan fingerprint density at radius 1 is 0.889 bits per heavy atom. The molecule has 3 nitrogen and oxygen atoms in total. The highest BCUT2D eigenvalue weighted by atomic mass is 16.1. The van der Waals surface area contributed by atoms with Crippen molar-refractivity contribution in [1.29, 1.82) is 0 Å². The van der Waals surface area contributed by atoms with E-state index < -0.39 is 0 Å². The van der Waals surface area contributed by atoms with Crippen molar-refractivity contribution in [3.8, 4) is 0 Å². The third-order valence-corrected chi connectivity index (χ3v) is 5.56. The van der Waals surface area contributed by atoms with Crippen LogP contribution in [0.4, 0.5) is 5.69 Å². The highest BCUT2D eigenvalue weighted by Crippen LogP contribution is 2.23. The fourth-order valence-corrected chi connectivity index (χ4v) is 3.90. The first-order chi connectivity index (χ1) is 13.2. The summed E-state index contributed by atoms with van der Waals surface area (Å²) in [7, 11) is 0. The van der Waals surface area contributed by atoms with E-state index in [1.807, 2.05) is 12.1 Å². The fourth-order valence-electron chi connectivity index (χ4n) is 3.90. The molecule has 1 heterocycles. The molecule has 3 rings (SSSR count). The summed E-state index contributed by atoms with van der Waals surface area (Å²) in [5.74, 6) is -0.0214. The number of nitrogens with zero attached hydrogens (tertiary/aromatic N) is 1. The molecule has 1 N–H and O–H groups in total. The Morgan fingerprint density at radius 2 is 1.48 bits per heavy atom. The number of aryl methyl sites for hydroxylation is 2. The second-order valence-electron chi connectivity index (χ2n) is 7.50. The van der Waals surface area contributed by atoms with E-state index in [1.54, 1.807) is 0 Å². The quantitative estimate of drug-likeness (QED) is 0.740. The lowest BCUT2D eigenvalue weighted by atomic mass is 10.0. The van der Waals surface area contributed by atoms with Crippen LogP contribution in [-0.2, 0) is 19.4 Å². The maximum atomic E-state index is 12.8. The summed E-state index contributed by atoms with van der Waals surface area (Å²) in [6, 6.07) is 14.4. The maximum absolute atomic E-state index is 12.8. The molecule has 3 heteroatoms. The second kappa shape index (κ2) is 9.70. The van der Waals surface area contributed by atoms with Crippen LogP contribution in [0, 0.1) is 0 Å². The maximum Gasteiger partial charge on any atom is 0.255 e. The summed E-state index contributed by atoms with van der Waals surface area (Å²) in [6.07, 6.45) is 7.15. The largest absolute Gasteiger partial charge is 0.321 e. The number of hydrogen-bond acceptors (Lipinski definition) is 2. The predicted octanol–water partition coefficient (Wildman–Crippen LogP) is 5.44. The minimum Gasteiger partial charge on any atom is -0.321 e. The van der Waals surface area contributed by atoms with Crippen molar-refractivity contribution >= 4 is 11.6 Å². The van der Waals surface area contributed by atoms with Gasteiger partial charge in [-0.25, -0.2) is 0 Å². The fraction of sp³-hybridized carbons (Fsp3) is 0.458. The SMILES string of the molecule is CCc1cccc(CC)c1NC(=O)c1ccc(CN2CCCCCC2)cc1. The highest BCUT2D eigenvalue weighted by Gasteiger charge is 2.13. The van der Waals surface area contributed by atoms with Crippen LogP contribution < -0.4 is 5.32 Å². The van der Waals surface area contributed by atoms with Gasteiger partial charge in [-0.15, -0.1) is 0 Å². The van der Waals surface area contributed by atoms with Gasteiger partial charge in [0.05, 0.1) is 0 Å². The number of carbonyl (C=O) groups is 1. The molecule has 0 radical (unpaired) electrons. The number of hydrogen-bond donors (Lipinski definition) is 1. The average Bonchev–Trinajstić information content (AvgIpc) is 2.97. The Labute approximate surface area is 163 Å². The number of benzene rings is 2. The minimum absolute atomic E-state index is 0.0214. The van der Waals surface area contributed by atoms with Gasteiger partial charge in [-0.3, -0.25) is 9.69 Å². The number of anilines is 1. The van der Waals surface area contributed by atoms with E-state index in [1.165, 1.54) is 55.5 Å². The third kappa shape index (κ3) is 5.20. The van der Waals surface area contributed by atoms with Crippen molar-refractivity contribution in [2.45, 2.75) is 58.9 Å². The van der Waals surface area contributed by atoms with Crippen LogP contribution in [-0.4, -0.2) is 23.9 Å². The molecule has 0 aromatic heterocycles. The molecular formula is C24H32N2O. The van der Waals surface area contributed by atoms with Crippen LogP contribution in [0.2, 0.25) is 0 Å². The van der Waals surface area contributed by atoms with Crippen molar-refractivity contribution in [2.75, 3.05) is 18.4 Å². The van der Waals surface area contributed by atoms with E-state index in [9.17, 15) is 4.79 Å². The molecule has 1 amide bonds. The number of nitrogens with one attached hydrogen (secondary N) is 1. The molecule has 0 bridgehead atoms. The number of carbonyl (C=O) groups excluding carboxylic acids is 1. The van der Waals surface area contributed by atoms with Crippen molar-refractivity contribution < 1.29 is 4.79 Å². The molecule has 1 saturated heterocycles. The van der Waals surface area contributed by atoms with Gasteiger partial charge in [0.25, 0.3) is 5.91 Å². The first kappa shape index (κ1) is 19.6. The lowest BCUT2D eigenvalue weighted by Gasteiger charge is -2.20. The Balaban J connectivity index is 1.67. The summed E-state index contributed by atoms with van der Waals surface area (Å²) in [5.41, 5.74) is 5.39. The Kier molecular flexibility index (Phi) is 7.05. The number of likely N-dealkylation sites (tertiary alicyclic amines) is 1. The van der Waals surface area contributed by atoms with Crippen LogP contribution in [0.25, 0.3) is 0 Å². The van der Waals surface area contributed by atoms with Gasteiger partial charge in [0.1, 0.15) is 0 Å². The van der Waals surface area contributed by atoms with Crippen LogP contribution in [0.5, 0.6) is 0 Å². The second-order valence-corrected chi connectivity index (χ2v) is 7.50. The van der Waals surface area contributed by atoms with Gasteiger partial charge in [-0.2, -0.15) is 0 Å². The van der Waals surface area contributed by atoms with Crippen molar-refractivity contribution in [2.24, 2.45) is 0 Å². The Bertz CT molecular complexity index is 721. The molecule has 1 aliphatic heterocycles. The molecule has 0 saturated carbocycles. The molecule has 0 spiro atoms. The summed E-state index contributed by atoms with van der Waals surface area (Å²) < 4.78 is 0. The van der Waals surface area contributed by atoms with E-state index in [4.69, 9.17) is 0 Å². The van der Waals surface area contributed by atoms with Gasteiger partial charge >= 0.3 is 0 Å². The van der Waals surface area contributed by atoms with Crippen LogP contribution in [0.15, 0.2) is 42.5 Å². The van der Waals surface area contributed by atoms with E-state index in [-0.39, 0.29) is 5.91 Å². The van der Waals surface area contributed by atoms with E-state index in [0.717, 1.165) is 30.6 Å². The number of amides is 1. The zero-order chi connectivity index (χ0) is 19.1. The van der Waals surface area contributed by atoms with Crippen LogP contribution >= 0.6 is 0 Å². The lowest BCUT2D eigenvalue weighted by Crippen LogP contribution is -2.24.